The zero-order valence-electron chi connectivity index (χ0n) is 35.8. The third-order valence-corrected chi connectivity index (χ3v) is 17.3. The van der Waals surface area contributed by atoms with Crippen molar-refractivity contribution in [1.29, 1.82) is 0 Å². The molecule has 2 aromatic heterocycles. The van der Waals surface area contributed by atoms with E-state index in [2.05, 4.69) is 231 Å². The van der Waals surface area contributed by atoms with Crippen LogP contribution in [0.1, 0.15) is 0 Å². The first kappa shape index (κ1) is 37.8. The van der Waals surface area contributed by atoms with Gasteiger partial charge in [-0.25, -0.2) is 0 Å². The molecule has 14 aromatic rings. The molecule has 0 saturated carbocycles. The zero-order chi connectivity index (χ0) is 43.3. The molecule has 0 bridgehead atoms. The molecular weight excluding hydrogens is 880 g/mol. The van der Waals surface area contributed by atoms with Crippen molar-refractivity contribution in [3.63, 3.8) is 0 Å². The van der Waals surface area contributed by atoms with Gasteiger partial charge in [0.1, 0.15) is 0 Å². The number of hydrogen-bond donors (Lipinski definition) is 0. The normalized spacial score (nSPS) is 11.9. The van der Waals surface area contributed by atoms with E-state index in [1.165, 1.54) is 138 Å². The molecule has 0 amide bonds. The second-order valence-electron chi connectivity index (χ2n) is 17.4. The van der Waals surface area contributed by atoms with Gasteiger partial charge in [0.05, 0.1) is 0 Å². The molecule has 66 heavy (non-hydrogen) atoms. The van der Waals surface area contributed by atoms with Crippen molar-refractivity contribution in [2.75, 3.05) is 0 Å². The van der Waals surface area contributed by atoms with Gasteiger partial charge in [0, 0.05) is 0 Å². The van der Waals surface area contributed by atoms with Crippen LogP contribution in [0.3, 0.4) is 0 Å². The second kappa shape index (κ2) is 15.0. The first-order valence-electron chi connectivity index (χ1n) is 22.7. The predicted molar refractivity (Wildman–Crippen MR) is 288 cm³/mol. The number of rotatable bonds is 5. The third-order valence-electron chi connectivity index (χ3n) is 13.8. The SMILES string of the molecule is c1ccc(-c2ccc3sc4ccc(-c5c6ccccc6c(-c6cccc7[se]c8cc(-c9c%10ccccc%10c(-c%10ccccc%10)c%10ccccc9%10)ccc8c67)c6ccccc56)cc4c3c2)cc1. The van der Waals surface area contributed by atoms with Crippen molar-refractivity contribution in [1.82, 2.24) is 0 Å². The van der Waals surface area contributed by atoms with E-state index in [1.54, 1.807) is 0 Å². The zero-order valence-corrected chi connectivity index (χ0v) is 38.3. The summed E-state index contributed by atoms with van der Waals surface area (Å²) in [6.07, 6.45) is 0. The monoisotopic (exact) mass is 918 g/mol. The average Bonchev–Trinajstić information content (AvgIpc) is 3.95. The van der Waals surface area contributed by atoms with Gasteiger partial charge in [-0.05, 0) is 17.2 Å². The molecular formula is C64H38SSe. The van der Waals surface area contributed by atoms with Gasteiger partial charge >= 0.3 is 341 Å². The fourth-order valence-electron chi connectivity index (χ4n) is 11.0. The molecule has 0 radical (unpaired) electrons. The van der Waals surface area contributed by atoms with Crippen molar-refractivity contribution in [2.24, 2.45) is 0 Å². The van der Waals surface area contributed by atoms with Gasteiger partial charge in [-0.1, -0.05) is 36.4 Å². The minimum atomic E-state index is 0.150. The number of benzene rings is 12. The summed E-state index contributed by atoms with van der Waals surface area (Å²) in [7, 11) is 0. The van der Waals surface area contributed by atoms with Gasteiger partial charge in [0.15, 0.2) is 0 Å². The molecule has 0 fully saturated rings. The van der Waals surface area contributed by atoms with E-state index in [0.29, 0.717) is 0 Å². The summed E-state index contributed by atoms with van der Waals surface area (Å²) < 4.78 is 5.53. The molecule has 0 unspecified atom stereocenters. The van der Waals surface area contributed by atoms with Crippen LogP contribution in [-0.2, 0) is 0 Å². The van der Waals surface area contributed by atoms with Crippen LogP contribution in [-0.4, -0.2) is 14.5 Å². The minimum Gasteiger partial charge on any atom is -0.0617 e. The van der Waals surface area contributed by atoms with Crippen molar-refractivity contribution < 1.29 is 0 Å². The van der Waals surface area contributed by atoms with E-state index in [9.17, 15) is 0 Å². The molecule has 0 N–H and O–H groups in total. The van der Waals surface area contributed by atoms with Crippen LogP contribution >= 0.6 is 11.3 Å². The van der Waals surface area contributed by atoms with Crippen LogP contribution in [0.4, 0.5) is 0 Å². The minimum absolute atomic E-state index is 0.150. The van der Waals surface area contributed by atoms with Crippen LogP contribution in [0.2, 0.25) is 0 Å². The third kappa shape index (κ3) is 5.76. The van der Waals surface area contributed by atoms with Gasteiger partial charge < -0.3 is 0 Å². The van der Waals surface area contributed by atoms with Crippen molar-refractivity contribution in [2.45, 2.75) is 0 Å². The smallest absolute Gasteiger partial charge is 0.0617 e. The van der Waals surface area contributed by atoms with Crippen molar-refractivity contribution in [3.8, 4) is 55.6 Å². The maximum atomic E-state index is 2.52. The molecule has 0 spiro atoms. The second-order valence-corrected chi connectivity index (χ2v) is 20.8. The Balaban J connectivity index is 0.972. The van der Waals surface area contributed by atoms with E-state index in [0.717, 1.165) is 0 Å². The maximum absolute atomic E-state index is 2.52. The summed E-state index contributed by atoms with van der Waals surface area (Å²) >= 11 is 2.03. The molecule has 2 heteroatoms. The van der Waals surface area contributed by atoms with Gasteiger partial charge in [-0.15, -0.1) is 0 Å². The number of hydrogen-bond acceptors (Lipinski definition) is 1. The molecule has 12 aromatic carbocycles. The molecule has 0 nitrogen and oxygen atoms in total. The molecule has 0 aliphatic carbocycles. The molecule has 0 atom stereocenters. The standard InChI is InChI=1S/C64H38SSe/c1-3-16-39(17-4-1)41-31-34-56-54(36-41)55-37-42(32-35-57(55)65-56)61-48-24-11-13-26-50(48)63(51-27-14-12-25-49(51)61)53-28-15-29-58-64(53)52-33-30-43(38-59(52)66-58)62-46-22-9-7-20-44(46)60(40-18-5-2-6-19-40)45-21-8-10-23-47(45)62/h1-38H. The molecule has 2 heterocycles. The topological polar surface area (TPSA) is 0 Å². The van der Waals surface area contributed by atoms with E-state index in [4.69, 9.17) is 0 Å². The molecule has 0 aliphatic rings. The van der Waals surface area contributed by atoms with Gasteiger partial charge in [0.2, 0.25) is 0 Å². The summed E-state index contributed by atoms with van der Waals surface area (Å²) in [5, 5.41) is 15.7. The number of thiophene rings is 1. The van der Waals surface area contributed by atoms with Crippen LogP contribution in [0.15, 0.2) is 231 Å². The summed E-state index contributed by atoms with van der Waals surface area (Å²) in [6, 6.07) is 86.3. The molecule has 14 rings (SSSR count). The molecule has 0 saturated heterocycles. The first-order chi connectivity index (χ1) is 32.7. The quantitative estimate of drug-likeness (QED) is 0.119. The fraction of sp³-hybridized carbons (Fsp3) is 0. The fourth-order valence-corrected chi connectivity index (χ4v) is 14.5. The Labute approximate surface area is 392 Å². The summed E-state index contributed by atoms with van der Waals surface area (Å²) in [4.78, 5) is 0. The first-order valence-corrected chi connectivity index (χ1v) is 25.2. The van der Waals surface area contributed by atoms with E-state index >= 15 is 0 Å². The average molecular weight is 918 g/mol. The van der Waals surface area contributed by atoms with Gasteiger partial charge in [0.25, 0.3) is 0 Å². The van der Waals surface area contributed by atoms with Crippen LogP contribution in [0.25, 0.3) is 138 Å². The Morgan fingerprint density at radius 2 is 0.667 bits per heavy atom. The predicted octanol–water partition coefficient (Wildman–Crippen LogP) is 18.4. The summed E-state index contributed by atoms with van der Waals surface area (Å²) in [5.74, 6) is 0. The molecule has 0 aliphatic heterocycles. The summed E-state index contributed by atoms with van der Waals surface area (Å²) in [5.41, 5.74) is 12.8. The Bertz CT molecular complexity index is 4160. The Kier molecular flexibility index (Phi) is 8.58. The van der Waals surface area contributed by atoms with E-state index < -0.39 is 0 Å². The van der Waals surface area contributed by atoms with Crippen molar-refractivity contribution >= 4 is 108 Å². The van der Waals surface area contributed by atoms with Crippen LogP contribution < -0.4 is 0 Å². The van der Waals surface area contributed by atoms with Crippen LogP contribution in [0, 0.1) is 0 Å². The molecule has 306 valence electrons. The number of fused-ring (bicyclic) bond motifs is 10. The van der Waals surface area contributed by atoms with Gasteiger partial charge in [-0.2, -0.15) is 0 Å². The van der Waals surface area contributed by atoms with Crippen LogP contribution in [0.5, 0.6) is 0 Å². The Hall–Kier alpha value is -7.58. The Morgan fingerprint density at radius 1 is 0.242 bits per heavy atom. The van der Waals surface area contributed by atoms with Crippen molar-refractivity contribution in [3.05, 3.63) is 231 Å². The summed E-state index contributed by atoms with van der Waals surface area (Å²) in [6.45, 7) is 0. The van der Waals surface area contributed by atoms with E-state index in [-0.39, 0.29) is 14.5 Å². The van der Waals surface area contributed by atoms with E-state index in [1.807, 2.05) is 11.3 Å². The Morgan fingerprint density at radius 3 is 1.21 bits per heavy atom. The van der Waals surface area contributed by atoms with Gasteiger partial charge in [-0.3, -0.25) is 0 Å².